The number of esters is 1. The smallest absolute Gasteiger partial charge is 0.407 e. The van der Waals surface area contributed by atoms with Crippen LogP contribution < -0.4 is 10.6 Å². The fourth-order valence-electron chi connectivity index (χ4n) is 1.66. The largest absolute Gasteiger partial charge is 0.465 e. The van der Waals surface area contributed by atoms with E-state index < -0.39 is 17.7 Å². The molecule has 1 rings (SSSR count). The molecule has 126 valence electrons. The Hall–Kier alpha value is -2.57. The van der Waals surface area contributed by atoms with Gasteiger partial charge in [-0.3, -0.25) is 4.79 Å². The lowest BCUT2D eigenvalue weighted by Crippen LogP contribution is -2.37. The Kier molecular flexibility index (Phi) is 6.56. The van der Waals surface area contributed by atoms with Gasteiger partial charge in [0.1, 0.15) is 5.60 Å². The van der Waals surface area contributed by atoms with Crippen LogP contribution in [-0.2, 0) is 9.47 Å². The van der Waals surface area contributed by atoms with Crippen molar-refractivity contribution in [3.8, 4) is 0 Å². The van der Waals surface area contributed by atoms with Gasteiger partial charge in [-0.2, -0.15) is 0 Å². The molecule has 7 heteroatoms. The predicted molar refractivity (Wildman–Crippen MR) is 84.4 cm³/mol. The minimum atomic E-state index is -0.568. The Morgan fingerprint density at radius 1 is 1.04 bits per heavy atom. The number of hydrogen-bond acceptors (Lipinski definition) is 5. The van der Waals surface area contributed by atoms with Gasteiger partial charge in [-0.1, -0.05) is 6.07 Å². The zero-order chi connectivity index (χ0) is 17.5. The molecule has 0 saturated heterocycles. The standard InChI is InChI=1S/C16H22N2O5/c1-16(2,3)23-15(21)18-9-8-17-13(19)11-6-5-7-12(10-11)14(20)22-4/h5-7,10H,8-9H2,1-4H3,(H,17,19)(H,18,21). The maximum absolute atomic E-state index is 12.0. The second kappa shape index (κ2) is 8.17. The third kappa shape index (κ3) is 6.82. The van der Waals surface area contributed by atoms with Crippen molar-refractivity contribution in [3.63, 3.8) is 0 Å². The van der Waals surface area contributed by atoms with Crippen molar-refractivity contribution < 1.29 is 23.9 Å². The highest BCUT2D eigenvalue weighted by Crippen LogP contribution is 2.07. The summed E-state index contributed by atoms with van der Waals surface area (Å²) in [5.74, 6) is -0.854. The van der Waals surface area contributed by atoms with E-state index >= 15 is 0 Å². The zero-order valence-corrected chi connectivity index (χ0v) is 13.8. The molecule has 1 aromatic carbocycles. The Morgan fingerprint density at radius 2 is 1.65 bits per heavy atom. The highest BCUT2D eigenvalue weighted by atomic mass is 16.6. The van der Waals surface area contributed by atoms with Crippen molar-refractivity contribution in [2.75, 3.05) is 20.2 Å². The van der Waals surface area contributed by atoms with Gasteiger partial charge >= 0.3 is 12.1 Å². The molecule has 0 atom stereocenters. The van der Waals surface area contributed by atoms with Crippen molar-refractivity contribution in [1.82, 2.24) is 10.6 Å². The molecule has 0 aliphatic heterocycles. The second-order valence-electron chi connectivity index (χ2n) is 5.76. The summed E-state index contributed by atoms with van der Waals surface area (Å²) in [6.45, 7) is 5.77. The summed E-state index contributed by atoms with van der Waals surface area (Å²) in [6.07, 6.45) is -0.542. The first kappa shape index (κ1) is 18.5. The van der Waals surface area contributed by atoms with E-state index in [9.17, 15) is 14.4 Å². The average Bonchev–Trinajstić information content (AvgIpc) is 2.49. The van der Waals surface area contributed by atoms with E-state index in [1.165, 1.54) is 13.2 Å². The van der Waals surface area contributed by atoms with E-state index in [2.05, 4.69) is 15.4 Å². The van der Waals surface area contributed by atoms with Crippen molar-refractivity contribution >= 4 is 18.0 Å². The monoisotopic (exact) mass is 322 g/mol. The molecule has 0 bridgehead atoms. The van der Waals surface area contributed by atoms with E-state index in [-0.39, 0.29) is 19.0 Å². The van der Waals surface area contributed by atoms with Gasteiger partial charge in [0.2, 0.25) is 0 Å². The third-order valence-corrected chi connectivity index (χ3v) is 2.62. The first-order valence-electron chi connectivity index (χ1n) is 7.16. The van der Waals surface area contributed by atoms with Crippen LogP contribution in [0.2, 0.25) is 0 Å². The van der Waals surface area contributed by atoms with Crippen molar-refractivity contribution in [3.05, 3.63) is 35.4 Å². The quantitative estimate of drug-likeness (QED) is 0.636. The van der Waals surface area contributed by atoms with Gasteiger partial charge < -0.3 is 20.1 Å². The molecule has 0 unspecified atom stereocenters. The number of methoxy groups -OCH3 is 1. The van der Waals surface area contributed by atoms with Crippen LogP contribution in [0.1, 0.15) is 41.5 Å². The predicted octanol–water partition coefficient (Wildman–Crippen LogP) is 1.73. The SMILES string of the molecule is COC(=O)c1cccc(C(=O)NCCNC(=O)OC(C)(C)C)c1. The second-order valence-corrected chi connectivity index (χ2v) is 5.76. The van der Waals surface area contributed by atoms with Gasteiger partial charge in [0, 0.05) is 18.7 Å². The molecular formula is C16H22N2O5. The molecule has 0 aromatic heterocycles. The van der Waals surface area contributed by atoms with Gasteiger partial charge in [0.25, 0.3) is 5.91 Å². The Balaban J connectivity index is 2.43. The lowest BCUT2D eigenvalue weighted by Gasteiger charge is -2.19. The zero-order valence-electron chi connectivity index (χ0n) is 13.8. The molecule has 2 amide bonds. The molecule has 1 aromatic rings. The van der Waals surface area contributed by atoms with Gasteiger partial charge in [-0.25, -0.2) is 9.59 Å². The van der Waals surface area contributed by atoms with Crippen LogP contribution in [0.3, 0.4) is 0 Å². The van der Waals surface area contributed by atoms with Crippen LogP contribution >= 0.6 is 0 Å². The Bertz CT molecular complexity index is 578. The van der Waals surface area contributed by atoms with Crippen LogP contribution in [0.4, 0.5) is 4.79 Å². The number of ether oxygens (including phenoxy) is 2. The van der Waals surface area contributed by atoms with Crippen LogP contribution in [-0.4, -0.2) is 43.8 Å². The lowest BCUT2D eigenvalue weighted by atomic mass is 10.1. The Morgan fingerprint density at radius 3 is 2.26 bits per heavy atom. The minimum absolute atomic E-state index is 0.233. The van der Waals surface area contributed by atoms with Crippen molar-refractivity contribution in [1.29, 1.82) is 0 Å². The summed E-state index contributed by atoms with van der Waals surface area (Å²) in [5.41, 5.74) is 0.0685. The molecule has 0 heterocycles. The lowest BCUT2D eigenvalue weighted by molar-refractivity contribution is 0.0525. The molecule has 0 spiro atoms. The average molecular weight is 322 g/mol. The molecule has 0 aliphatic carbocycles. The first-order valence-corrected chi connectivity index (χ1v) is 7.16. The fourth-order valence-corrected chi connectivity index (χ4v) is 1.66. The topological polar surface area (TPSA) is 93.7 Å². The van der Waals surface area contributed by atoms with Gasteiger partial charge in [0.15, 0.2) is 0 Å². The summed E-state index contributed by atoms with van der Waals surface area (Å²) >= 11 is 0. The van der Waals surface area contributed by atoms with Crippen LogP contribution in [0.5, 0.6) is 0 Å². The summed E-state index contributed by atoms with van der Waals surface area (Å²) in [5, 5.41) is 5.17. The molecule has 0 aliphatic rings. The summed E-state index contributed by atoms with van der Waals surface area (Å²) in [7, 11) is 1.28. The van der Waals surface area contributed by atoms with E-state index in [4.69, 9.17) is 4.74 Å². The Labute approximate surface area is 135 Å². The number of amides is 2. The number of alkyl carbamates (subject to hydrolysis) is 1. The van der Waals surface area contributed by atoms with E-state index in [1.807, 2.05) is 0 Å². The number of carbonyl (C=O) groups excluding carboxylic acids is 3. The van der Waals surface area contributed by atoms with E-state index in [1.54, 1.807) is 39.0 Å². The molecule has 23 heavy (non-hydrogen) atoms. The van der Waals surface area contributed by atoms with Gasteiger partial charge in [-0.15, -0.1) is 0 Å². The number of nitrogens with one attached hydrogen (secondary N) is 2. The molecule has 0 saturated carbocycles. The van der Waals surface area contributed by atoms with Crippen LogP contribution in [0.15, 0.2) is 24.3 Å². The summed E-state index contributed by atoms with van der Waals surface area (Å²) in [4.78, 5) is 34.8. The van der Waals surface area contributed by atoms with Gasteiger partial charge in [0.05, 0.1) is 12.7 Å². The minimum Gasteiger partial charge on any atom is -0.465 e. The summed E-state index contributed by atoms with van der Waals surface area (Å²) in [6, 6.07) is 6.19. The van der Waals surface area contributed by atoms with E-state index in [0.717, 1.165) is 0 Å². The number of carbonyl (C=O) groups is 3. The summed E-state index contributed by atoms with van der Waals surface area (Å²) < 4.78 is 9.67. The van der Waals surface area contributed by atoms with Crippen LogP contribution in [0, 0.1) is 0 Å². The molecule has 0 radical (unpaired) electrons. The molecule has 7 nitrogen and oxygen atoms in total. The number of rotatable bonds is 5. The highest BCUT2D eigenvalue weighted by molar-refractivity contribution is 5.97. The van der Waals surface area contributed by atoms with Crippen molar-refractivity contribution in [2.45, 2.75) is 26.4 Å². The normalized spacial score (nSPS) is 10.6. The maximum atomic E-state index is 12.0. The number of hydrogen-bond donors (Lipinski definition) is 2. The highest BCUT2D eigenvalue weighted by Gasteiger charge is 2.15. The maximum Gasteiger partial charge on any atom is 0.407 e. The van der Waals surface area contributed by atoms with E-state index in [0.29, 0.717) is 11.1 Å². The van der Waals surface area contributed by atoms with Crippen molar-refractivity contribution in [2.24, 2.45) is 0 Å². The first-order chi connectivity index (χ1) is 10.7. The third-order valence-electron chi connectivity index (χ3n) is 2.62. The van der Waals surface area contributed by atoms with Gasteiger partial charge in [-0.05, 0) is 39.0 Å². The van der Waals surface area contributed by atoms with Crippen LogP contribution in [0.25, 0.3) is 0 Å². The number of benzene rings is 1. The molecular weight excluding hydrogens is 300 g/mol. The molecule has 0 fully saturated rings. The fraction of sp³-hybridized carbons (Fsp3) is 0.438. The molecule has 2 N–H and O–H groups in total.